The Kier molecular flexibility index (Phi) is 2.29. The highest BCUT2D eigenvalue weighted by Gasteiger charge is 2.27. The Bertz CT molecular complexity index is 513. The highest BCUT2D eigenvalue weighted by molar-refractivity contribution is 5.45. The predicted octanol–water partition coefficient (Wildman–Crippen LogP) is 3.32. The number of rotatable bonds is 2. The first-order valence-corrected chi connectivity index (χ1v) is 5.76. The molecule has 2 nitrogen and oxygen atoms in total. The van der Waals surface area contributed by atoms with Gasteiger partial charge in [0.25, 0.3) is 0 Å². The molecule has 0 bridgehead atoms. The van der Waals surface area contributed by atoms with Crippen molar-refractivity contribution in [2.24, 2.45) is 0 Å². The van der Waals surface area contributed by atoms with Crippen LogP contribution in [0.15, 0.2) is 59.9 Å². The number of hydrogen-bond acceptors (Lipinski definition) is 2. The lowest BCUT2D eigenvalue weighted by atomic mass is 10.0. The predicted molar refractivity (Wildman–Crippen MR) is 67.1 cm³/mol. The zero-order valence-corrected chi connectivity index (χ0v) is 9.52. The van der Waals surface area contributed by atoms with Crippen molar-refractivity contribution in [3.05, 3.63) is 65.5 Å². The summed E-state index contributed by atoms with van der Waals surface area (Å²) in [6.45, 7) is 3.55. The number of aliphatic hydroxyl groups is 1. The first kappa shape index (κ1) is 10.2. The average Bonchev–Trinajstić information content (AvgIpc) is 2.95. The summed E-state index contributed by atoms with van der Waals surface area (Å²) in [4.78, 5) is 0. The van der Waals surface area contributed by atoms with Gasteiger partial charge < -0.3 is 9.84 Å². The number of allylic oxidation sites excluding steroid dienone is 3. The fraction of sp³-hybridized carbons (Fsp3) is 0.200. The van der Waals surface area contributed by atoms with Gasteiger partial charge in [-0.15, -0.1) is 0 Å². The van der Waals surface area contributed by atoms with Gasteiger partial charge in [-0.1, -0.05) is 36.9 Å². The van der Waals surface area contributed by atoms with Crippen LogP contribution < -0.4 is 4.74 Å². The molecule has 0 fully saturated rings. The third kappa shape index (κ3) is 1.76. The van der Waals surface area contributed by atoms with Crippen molar-refractivity contribution in [1.29, 1.82) is 0 Å². The molecule has 0 saturated heterocycles. The Morgan fingerprint density at radius 3 is 2.82 bits per heavy atom. The van der Waals surface area contributed by atoms with Crippen LogP contribution in [0, 0.1) is 0 Å². The lowest BCUT2D eigenvalue weighted by molar-refractivity contribution is 0.267. The molecule has 1 unspecified atom stereocenters. The lowest BCUT2D eigenvalue weighted by Crippen LogP contribution is -2.15. The second kappa shape index (κ2) is 3.81. The minimum absolute atomic E-state index is 0.112. The summed E-state index contributed by atoms with van der Waals surface area (Å²) in [5.74, 6) is 1.14. The van der Waals surface area contributed by atoms with E-state index in [1.165, 1.54) is 11.1 Å². The van der Waals surface area contributed by atoms with Gasteiger partial charge in [0.15, 0.2) is 0 Å². The van der Waals surface area contributed by atoms with Crippen LogP contribution >= 0.6 is 0 Å². The quantitative estimate of drug-likeness (QED) is 0.784. The third-order valence-corrected chi connectivity index (χ3v) is 3.32. The molecule has 17 heavy (non-hydrogen) atoms. The Hall–Kier alpha value is -1.96. The zero-order chi connectivity index (χ0) is 11.8. The maximum Gasteiger partial charge on any atom is 0.125 e. The Balaban J connectivity index is 1.73. The summed E-state index contributed by atoms with van der Waals surface area (Å²) < 4.78 is 5.91. The van der Waals surface area contributed by atoms with Crippen LogP contribution in [0.5, 0.6) is 5.75 Å². The molecular weight excluding hydrogens is 212 g/mol. The number of ether oxygens (including phenoxy) is 1. The maximum absolute atomic E-state index is 9.35. The van der Waals surface area contributed by atoms with E-state index in [2.05, 4.69) is 12.6 Å². The molecule has 1 N–H and O–H groups in total. The van der Waals surface area contributed by atoms with Crippen molar-refractivity contribution >= 4 is 0 Å². The number of para-hydroxylation sites is 1. The van der Waals surface area contributed by atoms with Crippen LogP contribution in [-0.4, -0.2) is 11.2 Å². The minimum Gasteiger partial charge on any atom is -0.508 e. The first-order valence-electron chi connectivity index (χ1n) is 5.76. The number of benzene rings is 1. The summed E-state index contributed by atoms with van der Waals surface area (Å²) in [5, 5.41) is 9.35. The monoisotopic (exact) mass is 226 g/mol. The largest absolute Gasteiger partial charge is 0.508 e. The molecule has 3 rings (SSSR count). The van der Waals surface area contributed by atoms with Crippen molar-refractivity contribution in [3.63, 3.8) is 0 Å². The van der Waals surface area contributed by atoms with E-state index in [0.29, 0.717) is 0 Å². The number of aliphatic hydroxyl groups excluding tert-OH is 1. The van der Waals surface area contributed by atoms with E-state index >= 15 is 0 Å². The van der Waals surface area contributed by atoms with Gasteiger partial charge in [-0.25, -0.2) is 0 Å². The van der Waals surface area contributed by atoms with Crippen molar-refractivity contribution in [1.82, 2.24) is 0 Å². The third-order valence-electron chi connectivity index (χ3n) is 3.32. The van der Waals surface area contributed by atoms with Gasteiger partial charge in [0.05, 0.1) is 0 Å². The Morgan fingerprint density at radius 2 is 2.12 bits per heavy atom. The van der Waals surface area contributed by atoms with Gasteiger partial charge in [0.1, 0.15) is 17.6 Å². The van der Waals surface area contributed by atoms with E-state index in [9.17, 15) is 5.11 Å². The molecule has 0 saturated carbocycles. The number of fused-ring (bicyclic) bond motifs is 1. The van der Waals surface area contributed by atoms with Gasteiger partial charge in [-0.2, -0.15) is 0 Å². The van der Waals surface area contributed by atoms with Gasteiger partial charge in [0.2, 0.25) is 0 Å². The lowest BCUT2D eigenvalue weighted by Gasteiger charge is -2.12. The first-order chi connectivity index (χ1) is 8.24. The summed E-state index contributed by atoms with van der Waals surface area (Å²) in [6.07, 6.45) is 5.73. The van der Waals surface area contributed by atoms with Gasteiger partial charge in [0, 0.05) is 12.8 Å². The molecule has 1 aromatic rings. The van der Waals surface area contributed by atoms with E-state index < -0.39 is 0 Å². The topological polar surface area (TPSA) is 29.5 Å². The van der Waals surface area contributed by atoms with Crippen LogP contribution in [0.25, 0.3) is 0 Å². The molecule has 1 aliphatic heterocycles. The summed E-state index contributed by atoms with van der Waals surface area (Å²) in [7, 11) is 0. The zero-order valence-electron chi connectivity index (χ0n) is 9.52. The molecule has 86 valence electrons. The SMILES string of the molecule is C=C(O)C1=CC=C(C2Cc3ccccc3O2)C1. The van der Waals surface area contributed by atoms with Crippen molar-refractivity contribution in [2.45, 2.75) is 18.9 Å². The molecule has 0 aromatic heterocycles. The molecule has 2 heteroatoms. The Morgan fingerprint density at radius 1 is 1.29 bits per heavy atom. The van der Waals surface area contributed by atoms with Crippen LogP contribution in [0.3, 0.4) is 0 Å². The molecule has 1 atom stereocenters. The van der Waals surface area contributed by atoms with Crippen LogP contribution in [0.2, 0.25) is 0 Å². The molecule has 1 aliphatic carbocycles. The molecule has 1 heterocycles. The van der Waals surface area contributed by atoms with Crippen LogP contribution in [0.4, 0.5) is 0 Å². The standard InChI is InChI=1S/C15H14O2/c1-10(16)11-6-7-13(8-11)15-9-12-4-2-3-5-14(12)17-15/h2-7,15-16H,1,8-9H2. The van der Waals surface area contributed by atoms with Gasteiger partial charge >= 0.3 is 0 Å². The summed E-state index contributed by atoms with van der Waals surface area (Å²) in [6, 6.07) is 8.13. The molecule has 0 spiro atoms. The van der Waals surface area contributed by atoms with E-state index in [1.54, 1.807) is 0 Å². The molecule has 2 aliphatic rings. The summed E-state index contributed by atoms with van der Waals surface area (Å²) >= 11 is 0. The second-order valence-electron chi connectivity index (χ2n) is 4.48. The van der Waals surface area contributed by atoms with E-state index in [1.807, 2.05) is 30.4 Å². The second-order valence-corrected chi connectivity index (χ2v) is 4.48. The fourth-order valence-electron chi connectivity index (χ4n) is 2.35. The number of hydrogen-bond donors (Lipinski definition) is 1. The van der Waals surface area contributed by atoms with Gasteiger partial charge in [-0.05, 0) is 22.8 Å². The van der Waals surface area contributed by atoms with Crippen molar-refractivity contribution in [3.8, 4) is 5.75 Å². The van der Waals surface area contributed by atoms with Crippen LogP contribution in [0.1, 0.15) is 12.0 Å². The van der Waals surface area contributed by atoms with E-state index in [-0.39, 0.29) is 11.9 Å². The van der Waals surface area contributed by atoms with Crippen molar-refractivity contribution in [2.75, 3.05) is 0 Å². The minimum atomic E-state index is 0.112. The smallest absolute Gasteiger partial charge is 0.125 e. The van der Waals surface area contributed by atoms with E-state index in [0.717, 1.165) is 24.2 Å². The summed E-state index contributed by atoms with van der Waals surface area (Å²) in [5.41, 5.74) is 3.36. The molecule has 0 amide bonds. The average molecular weight is 226 g/mol. The molecule has 1 aromatic carbocycles. The molecular formula is C15H14O2. The van der Waals surface area contributed by atoms with Crippen molar-refractivity contribution < 1.29 is 9.84 Å². The highest BCUT2D eigenvalue weighted by atomic mass is 16.5. The highest BCUT2D eigenvalue weighted by Crippen LogP contribution is 2.35. The van der Waals surface area contributed by atoms with Gasteiger partial charge in [-0.3, -0.25) is 0 Å². The van der Waals surface area contributed by atoms with Crippen LogP contribution in [-0.2, 0) is 6.42 Å². The molecule has 0 radical (unpaired) electrons. The normalized spacial score (nSPS) is 21.5. The fourth-order valence-corrected chi connectivity index (χ4v) is 2.35. The maximum atomic E-state index is 9.35. The van der Waals surface area contributed by atoms with E-state index in [4.69, 9.17) is 4.74 Å². The Labute approximate surface area is 101 Å².